The van der Waals surface area contributed by atoms with Gasteiger partial charge in [-0.3, -0.25) is 14.4 Å². The van der Waals surface area contributed by atoms with Crippen LogP contribution in [0, 0.1) is 6.92 Å². The van der Waals surface area contributed by atoms with E-state index in [0.29, 0.717) is 16.9 Å². The van der Waals surface area contributed by atoms with Crippen molar-refractivity contribution in [1.82, 2.24) is 0 Å². The van der Waals surface area contributed by atoms with Crippen molar-refractivity contribution in [3.05, 3.63) is 69.7 Å². The van der Waals surface area contributed by atoms with Crippen LogP contribution in [-0.2, 0) is 9.59 Å². The van der Waals surface area contributed by atoms with E-state index in [-0.39, 0.29) is 23.2 Å². The van der Waals surface area contributed by atoms with E-state index in [9.17, 15) is 14.4 Å². The van der Waals surface area contributed by atoms with Crippen molar-refractivity contribution in [3.63, 3.8) is 0 Å². The molecule has 0 aliphatic heterocycles. The Morgan fingerprint density at radius 2 is 1.62 bits per heavy atom. The molecular weight excluding hydrogens is 396 g/mol. The summed E-state index contributed by atoms with van der Waals surface area (Å²) in [5, 5.41) is 5.44. The maximum atomic E-state index is 12.2. The van der Waals surface area contributed by atoms with Crippen LogP contribution in [-0.4, -0.2) is 17.6 Å². The van der Waals surface area contributed by atoms with Gasteiger partial charge in [0.15, 0.2) is 5.78 Å². The minimum absolute atomic E-state index is 0.0427. The first-order valence-electron chi connectivity index (χ1n) is 7.94. The normalized spacial score (nSPS) is 11.0. The summed E-state index contributed by atoms with van der Waals surface area (Å²) in [4.78, 5) is 35.6. The Bertz CT molecular complexity index is 886. The molecule has 2 amide bonds. The van der Waals surface area contributed by atoms with E-state index in [2.05, 4.69) is 26.6 Å². The number of carbonyl (C=O) groups excluding carboxylic acids is 3. The molecule has 2 aromatic rings. The lowest BCUT2D eigenvalue weighted by Crippen LogP contribution is -2.16. The zero-order valence-electron chi connectivity index (χ0n) is 14.7. The van der Waals surface area contributed by atoms with Crippen molar-refractivity contribution >= 4 is 44.9 Å². The third-order valence-corrected chi connectivity index (χ3v) is 4.19. The number of hydrogen-bond acceptors (Lipinski definition) is 3. The Balaban J connectivity index is 2.01. The molecule has 134 valence electrons. The van der Waals surface area contributed by atoms with Gasteiger partial charge in [-0.2, -0.15) is 0 Å². The Labute approximate surface area is 160 Å². The molecule has 6 heteroatoms. The fourth-order valence-electron chi connectivity index (χ4n) is 2.22. The third kappa shape index (κ3) is 5.39. The zero-order valence-corrected chi connectivity index (χ0v) is 16.3. The van der Waals surface area contributed by atoms with Crippen molar-refractivity contribution < 1.29 is 14.4 Å². The Morgan fingerprint density at radius 3 is 2.19 bits per heavy atom. The molecule has 0 saturated carbocycles. The maximum absolute atomic E-state index is 12.2. The molecule has 5 nitrogen and oxygen atoms in total. The molecule has 0 fully saturated rings. The second kappa shape index (κ2) is 8.58. The first kappa shape index (κ1) is 19.6. The van der Waals surface area contributed by atoms with E-state index >= 15 is 0 Å². The van der Waals surface area contributed by atoms with Gasteiger partial charge >= 0.3 is 0 Å². The van der Waals surface area contributed by atoms with E-state index in [1.54, 1.807) is 37.3 Å². The number of nitrogens with one attached hydrogen (secondary N) is 2. The van der Waals surface area contributed by atoms with Gasteiger partial charge in [0, 0.05) is 33.1 Å². The lowest BCUT2D eigenvalue weighted by atomic mass is 10.1. The van der Waals surface area contributed by atoms with Gasteiger partial charge in [0.25, 0.3) is 5.91 Å². The zero-order chi connectivity index (χ0) is 19.3. The van der Waals surface area contributed by atoms with Crippen LogP contribution in [0.5, 0.6) is 0 Å². The van der Waals surface area contributed by atoms with E-state index < -0.39 is 0 Å². The molecule has 0 aliphatic carbocycles. The number of hydrogen-bond donors (Lipinski definition) is 2. The number of anilines is 2. The number of Topliss-reactive ketones (excluding diaryl/α,β-unsaturated/α-hetero) is 1. The van der Waals surface area contributed by atoms with Gasteiger partial charge in [0.05, 0.1) is 0 Å². The summed E-state index contributed by atoms with van der Waals surface area (Å²) < 4.78 is 0.926. The van der Waals surface area contributed by atoms with E-state index in [0.717, 1.165) is 10.0 Å². The second-order valence-electron chi connectivity index (χ2n) is 5.86. The van der Waals surface area contributed by atoms with Crippen molar-refractivity contribution in [2.24, 2.45) is 0 Å². The third-order valence-electron chi connectivity index (χ3n) is 3.70. The molecule has 2 N–H and O–H groups in total. The highest BCUT2D eigenvalue weighted by Crippen LogP contribution is 2.20. The van der Waals surface area contributed by atoms with Gasteiger partial charge in [-0.05, 0) is 68.8 Å². The number of carbonyl (C=O) groups is 3. The maximum Gasteiger partial charge on any atom is 0.251 e. The van der Waals surface area contributed by atoms with Crippen LogP contribution in [0.1, 0.15) is 29.8 Å². The molecule has 0 radical (unpaired) electrons. The molecule has 0 spiro atoms. The summed E-state index contributed by atoms with van der Waals surface area (Å²) in [6.07, 6.45) is 1.25. The summed E-state index contributed by atoms with van der Waals surface area (Å²) >= 11 is 3.37. The van der Waals surface area contributed by atoms with Gasteiger partial charge in [-0.25, -0.2) is 0 Å². The highest BCUT2D eigenvalue weighted by molar-refractivity contribution is 9.10. The molecule has 0 heterocycles. The minimum Gasteiger partial charge on any atom is -0.322 e. The van der Waals surface area contributed by atoms with Crippen LogP contribution >= 0.6 is 15.9 Å². The lowest BCUT2D eigenvalue weighted by Gasteiger charge is -2.08. The van der Waals surface area contributed by atoms with E-state index in [1.165, 1.54) is 13.0 Å². The Hall–Kier alpha value is -2.73. The number of rotatable bonds is 5. The van der Waals surface area contributed by atoms with Gasteiger partial charge in [0.2, 0.25) is 5.91 Å². The van der Waals surface area contributed by atoms with Crippen LogP contribution in [0.15, 0.2) is 58.6 Å². The van der Waals surface area contributed by atoms with Gasteiger partial charge in [0.1, 0.15) is 0 Å². The van der Waals surface area contributed by atoms with Crippen LogP contribution in [0.3, 0.4) is 0 Å². The molecule has 2 aromatic carbocycles. The molecular formula is C20H19BrN2O3. The van der Waals surface area contributed by atoms with E-state index in [1.807, 2.05) is 19.1 Å². The van der Waals surface area contributed by atoms with Gasteiger partial charge in [-0.1, -0.05) is 15.9 Å². The molecule has 0 aliphatic rings. The second-order valence-corrected chi connectivity index (χ2v) is 6.78. The van der Waals surface area contributed by atoms with Crippen molar-refractivity contribution in [3.8, 4) is 0 Å². The van der Waals surface area contributed by atoms with Gasteiger partial charge in [-0.15, -0.1) is 0 Å². The first-order valence-corrected chi connectivity index (χ1v) is 8.73. The van der Waals surface area contributed by atoms with Crippen LogP contribution in [0.25, 0.3) is 0 Å². The standard InChI is InChI=1S/C20H19BrN2O3/c1-12-10-16(21)6-9-18(12)23-19(25)11-13(2)20(26)22-17-7-4-15(5-8-17)14(3)24/h4-11H,1-3H3,(H,22,26)(H,23,25)/b13-11-. The quantitative estimate of drug-likeness (QED) is 0.559. The number of aryl methyl sites for hydroxylation is 1. The Morgan fingerprint density at radius 1 is 0.962 bits per heavy atom. The fourth-order valence-corrected chi connectivity index (χ4v) is 2.69. The number of amides is 2. The monoisotopic (exact) mass is 414 g/mol. The van der Waals surface area contributed by atoms with Crippen molar-refractivity contribution in [2.75, 3.05) is 10.6 Å². The average Bonchev–Trinajstić information content (AvgIpc) is 2.57. The molecule has 0 saturated heterocycles. The van der Waals surface area contributed by atoms with E-state index in [4.69, 9.17) is 0 Å². The lowest BCUT2D eigenvalue weighted by molar-refractivity contribution is -0.114. The summed E-state index contributed by atoms with van der Waals surface area (Å²) in [6, 6.07) is 12.1. The average molecular weight is 415 g/mol. The van der Waals surface area contributed by atoms with Crippen LogP contribution in [0.4, 0.5) is 11.4 Å². The molecule has 0 unspecified atom stereocenters. The smallest absolute Gasteiger partial charge is 0.251 e. The van der Waals surface area contributed by atoms with Crippen LogP contribution < -0.4 is 10.6 Å². The highest BCUT2D eigenvalue weighted by atomic mass is 79.9. The summed E-state index contributed by atoms with van der Waals surface area (Å²) in [5.41, 5.74) is 2.99. The molecule has 0 atom stereocenters. The molecule has 2 rings (SSSR count). The van der Waals surface area contributed by atoms with Crippen molar-refractivity contribution in [1.29, 1.82) is 0 Å². The summed E-state index contributed by atoms with van der Waals surface area (Å²) in [5.74, 6) is -0.808. The largest absolute Gasteiger partial charge is 0.322 e. The SMILES string of the molecule is CC(=O)c1ccc(NC(=O)/C(C)=C\C(=O)Nc2ccc(Br)cc2C)cc1. The first-order chi connectivity index (χ1) is 12.3. The number of ketones is 1. The molecule has 0 aromatic heterocycles. The summed E-state index contributed by atoms with van der Waals surface area (Å²) in [7, 11) is 0. The number of halogens is 1. The fraction of sp³-hybridized carbons (Fsp3) is 0.150. The molecule has 26 heavy (non-hydrogen) atoms. The summed E-state index contributed by atoms with van der Waals surface area (Å²) in [6.45, 7) is 4.92. The predicted molar refractivity (Wildman–Crippen MR) is 106 cm³/mol. The predicted octanol–water partition coefficient (Wildman–Crippen LogP) is 4.48. The van der Waals surface area contributed by atoms with Crippen LogP contribution in [0.2, 0.25) is 0 Å². The van der Waals surface area contributed by atoms with Gasteiger partial charge < -0.3 is 10.6 Å². The highest BCUT2D eigenvalue weighted by Gasteiger charge is 2.09. The minimum atomic E-state index is -0.386. The number of benzene rings is 2. The molecule has 0 bridgehead atoms. The Kier molecular flexibility index (Phi) is 6.46. The topological polar surface area (TPSA) is 75.3 Å². The van der Waals surface area contributed by atoms with Crippen molar-refractivity contribution in [2.45, 2.75) is 20.8 Å².